The van der Waals surface area contributed by atoms with Gasteiger partial charge >= 0.3 is 5.69 Å². The van der Waals surface area contributed by atoms with E-state index in [2.05, 4.69) is 41.4 Å². The lowest BCUT2D eigenvalue weighted by Crippen LogP contribution is -2.16. The third-order valence-electron chi connectivity index (χ3n) is 2.74. The fourth-order valence-electron chi connectivity index (χ4n) is 1.70. The molecule has 0 aliphatic rings. The van der Waals surface area contributed by atoms with Gasteiger partial charge in [0.2, 0.25) is 11.8 Å². The smallest absolute Gasteiger partial charge is 0.332 e. The molecule has 20 heavy (non-hydrogen) atoms. The van der Waals surface area contributed by atoms with Crippen LogP contribution in [-0.4, -0.2) is 28.0 Å². The lowest BCUT2D eigenvalue weighted by Gasteiger charge is -2.18. The maximum absolute atomic E-state index is 11.1. The first-order chi connectivity index (χ1) is 9.24. The monoisotopic (exact) mass is 281 g/mol. The van der Waals surface area contributed by atoms with Gasteiger partial charge in [0.15, 0.2) is 0 Å². The molecule has 0 saturated heterocycles. The predicted molar refractivity (Wildman–Crippen MR) is 80.1 cm³/mol. The molecule has 7 heteroatoms. The molecule has 0 fully saturated rings. The third kappa shape index (κ3) is 4.64. The highest BCUT2D eigenvalue weighted by Gasteiger charge is 2.22. The van der Waals surface area contributed by atoms with Gasteiger partial charge in [0, 0.05) is 13.1 Å². The first-order valence-corrected chi connectivity index (χ1v) is 6.75. The second-order valence-corrected chi connectivity index (χ2v) is 5.85. The summed E-state index contributed by atoms with van der Waals surface area (Å²) < 4.78 is 0. The second kappa shape index (κ2) is 6.49. The average Bonchev–Trinajstić information content (AvgIpc) is 2.26. The molecule has 1 heterocycles. The summed E-state index contributed by atoms with van der Waals surface area (Å²) in [4.78, 5) is 19.0. The minimum Gasteiger partial charge on any atom is -0.364 e. The Morgan fingerprint density at radius 1 is 1.25 bits per heavy atom. The van der Waals surface area contributed by atoms with Gasteiger partial charge in [-0.2, -0.15) is 4.98 Å². The molecule has 0 unspecified atom stereocenters. The van der Waals surface area contributed by atoms with Crippen LogP contribution in [-0.2, 0) is 0 Å². The van der Waals surface area contributed by atoms with Crippen molar-refractivity contribution in [2.24, 2.45) is 5.41 Å². The number of nitrogens with zero attached hydrogens (tertiary/aromatic N) is 3. The van der Waals surface area contributed by atoms with Crippen LogP contribution in [0.2, 0.25) is 0 Å². The molecule has 2 N–H and O–H groups in total. The number of nitro groups is 1. The van der Waals surface area contributed by atoms with E-state index < -0.39 is 4.92 Å². The fraction of sp³-hybridized carbons (Fsp3) is 0.692. The van der Waals surface area contributed by atoms with Crippen LogP contribution in [0.5, 0.6) is 0 Å². The van der Waals surface area contributed by atoms with Gasteiger partial charge < -0.3 is 10.6 Å². The van der Waals surface area contributed by atoms with Crippen molar-refractivity contribution in [2.75, 3.05) is 23.7 Å². The van der Waals surface area contributed by atoms with Crippen molar-refractivity contribution >= 4 is 17.5 Å². The summed E-state index contributed by atoms with van der Waals surface area (Å²) in [6.45, 7) is 11.2. The van der Waals surface area contributed by atoms with E-state index in [4.69, 9.17) is 0 Å². The van der Waals surface area contributed by atoms with Crippen molar-refractivity contribution in [1.29, 1.82) is 0 Å². The molecule has 0 atom stereocenters. The van der Waals surface area contributed by atoms with E-state index in [1.54, 1.807) is 6.92 Å². The topological polar surface area (TPSA) is 93.0 Å². The van der Waals surface area contributed by atoms with Crippen molar-refractivity contribution in [3.8, 4) is 0 Å². The molecule has 112 valence electrons. The van der Waals surface area contributed by atoms with Gasteiger partial charge in [-0.3, -0.25) is 10.1 Å². The van der Waals surface area contributed by atoms with Gasteiger partial charge in [-0.1, -0.05) is 20.8 Å². The van der Waals surface area contributed by atoms with Gasteiger partial charge in [-0.05, 0) is 25.7 Å². The predicted octanol–water partition coefficient (Wildman–Crippen LogP) is 2.97. The van der Waals surface area contributed by atoms with Crippen molar-refractivity contribution in [2.45, 2.75) is 41.0 Å². The largest absolute Gasteiger partial charge is 0.364 e. The molecule has 0 bridgehead atoms. The molecule has 7 nitrogen and oxygen atoms in total. The molecular formula is C13H23N5O2. The Morgan fingerprint density at radius 2 is 1.90 bits per heavy atom. The summed E-state index contributed by atoms with van der Waals surface area (Å²) in [7, 11) is 0. The van der Waals surface area contributed by atoms with E-state index in [0.29, 0.717) is 24.7 Å². The van der Waals surface area contributed by atoms with E-state index in [1.165, 1.54) is 0 Å². The summed E-state index contributed by atoms with van der Waals surface area (Å²) in [5, 5.41) is 17.2. The number of aromatic nitrogens is 2. The Morgan fingerprint density at radius 3 is 2.40 bits per heavy atom. The first-order valence-electron chi connectivity index (χ1n) is 6.75. The van der Waals surface area contributed by atoms with E-state index in [9.17, 15) is 10.1 Å². The highest BCUT2D eigenvalue weighted by atomic mass is 16.6. The highest BCUT2D eigenvalue weighted by molar-refractivity contribution is 5.60. The van der Waals surface area contributed by atoms with Crippen LogP contribution in [0.25, 0.3) is 0 Å². The van der Waals surface area contributed by atoms with E-state index in [-0.39, 0.29) is 16.9 Å². The lowest BCUT2D eigenvalue weighted by molar-refractivity contribution is -0.385. The summed E-state index contributed by atoms with van der Waals surface area (Å²) >= 11 is 0. The second-order valence-electron chi connectivity index (χ2n) is 5.85. The zero-order chi connectivity index (χ0) is 15.3. The van der Waals surface area contributed by atoms with Crippen LogP contribution in [0.15, 0.2) is 0 Å². The van der Waals surface area contributed by atoms with Gasteiger partial charge in [0.25, 0.3) is 0 Å². The van der Waals surface area contributed by atoms with Crippen LogP contribution in [0.4, 0.5) is 17.5 Å². The minimum atomic E-state index is -0.440. The zero-order valence-corrected chi connectivity index (χ0v) is 12.8. The molecule has 1 rings (SSSR count). The number of anilines is 2. The Hall–Kier alpha value is -1.92. The van der Waals surface area contributed by atoms with E-state index >= 15 is 0 Å². The van der Waals surface area contributed by atoms with Crippen molar-refractivity contribution in [3.05, 3.63) is 15.8 Å². The molecule has 0 radical (unpaired) electrons. The van der Waals surface area contributed by atoms with Crippen molar-refractivity contribution in [1.82, 2.24) is 9.97 Å². The number of hydrogen-bond donors (Lipinski definition) is 2. The fourth-order valence-corrected chi connectivity index (χ4v) is 1.70. The van der Waals surface area contributed by atoms with Crippen LogP contribution in [0.3, 0.4) is 0 Å². The zero-order valence-electron chi connectivity index (χ0n) is 12.8. The molecule has 0 saturated carbocycles. The summed E-state index contributed by atoms with van der Waals surface area (Å²) in [6.07, 6.45) is 0.893. The van der Waals surface area contributed by atoms with Crippen molar-refractivity contribution < 1.29 is 4.92 Å². The molecule has 0 aliphatic carbocycles. The maximum Gasteiger partial charge on any atom is 0.332 e. The normalized spacial score (nSPS) is 11.2. The molecular weight excluding hydrogens is 258 g/mol. The Bertz CT molecular complexity index is 482. The average molecular weight is 281 g/mol. The van der Waals surface area contributed by atoms with Gasteiger partial charge in [0.05, 0.1) is 4.92 Å². The van der Waals surface area contributed by atoms with E-state index in [1.807, 2.05) is 6.92 Å². The van der Waals surface area contributed by atoms with Crippen molar-refractivity contribution in [3.63, 3.8) is 0 Å². The number of hydrogen-bond acceptors (Lipinski definition) is 6. The van der Waals surface area contributed by atoms with Gasteiger partial charge in [-0.15, -0.1) is 0 Å². The standard InChI is InChI=1S/C13H23N5O2/c1-6-14-12-16-9(2)10(18(19)20)11(17-12)15-8-7-13(3,4)5/h6-8H2,1-5H3,(H2,14,15,16,17). The van der Waals surface area contributed by atoms with E-state index in [0.717, 1.165) is 6.42 Å². The van der Waals surface area contributed by atoms with Crippen LogP contribution in [0, 0.1) is 22.5 Å². The lowest BCUT2D eigenvalue weighted by atomic mass is 9.92. The Balaban J connectivity index is 2.98. The molecule has 0 spiro atoms. The number of rotatable bonds is 6. The summed E-state index contributed by atoms with van der Waals surface area (Å²) in [6, 6.07) is 0. The molecule has 1 aromatic rings. The molecule has 0 aromatic carbocycles. The molecule has 0 aliphatic heterocycles. The minimum absolute atomic E-state index is 0.0550. The highest BCUT2D eigenvalue weighted by Crippen LogP contribution is 2.27. The quantitative estimate of drug-likeness (QED) is 0.615. The Kier molecular flexibility index (Phi) is 5.24. The van der Waals surface area contributed by atoms with Gasteiger partial charge in [-0.25, -0.2) is 4.98 Å². The third-order valence-corrected chi connectivity index (χ3v) is 2.74. The first kappa shape index (κ1) is 16.1. The number of aryl methyl sites for hydroxylation is 1. The number of nitrogens with one attached hydrogen (secondary N) is 2. The molecule has 0 amide bonds. The maximum atomic E-state index is 11.1. The van der Waals surface area contributed by atoms with Crippen LogP contribution < -0.4 is 10.6 Å². The SMILES string of the molecule is CCNc1nc(C)c([N+](=O)[O-])c(NCCC(C)(C)C)n1. The Labute approximate surface area is 119 Å². The van der Waals surface area contributed by atoms with Crippen LogP contribution >= 0.6 is 0 Å². The summed E-state index contributed by atoms with van der Waals surface area (Å²) in [5.41, 5.74) is 0.466. The van der Waals surface area contributed by atoms with Gasteiger partial charge in [0.1, 0.15) is 5.69 Å². The molecule has 1 aromatic heterocycles. The summed E-state index contributed by atoms with van der Waals surface area (Å²) in [5.74, 6) is 0.691. The van der Waals surface area contributed by atoms with Crippen LogP contribution in [0.1, 0.15) is 39.8 Å².